The molecule has 0 aliphatic heterocycles. The van der Waals surface area contributed by atoms with Gasteiger partial charge in [0.15, 0.2) is 6.61 Å². The van der Waals surface area contributed by atoms with Crippen molar-refractivity contribution in [3.8, 4) is 6.07 Å². The lowest BCUT2D eigenvalue weighted by atomic mass is 10.2. The molecular formula is C23H27N3O3S. The van der Waals surface area contributed by atoms with Crippen LogP contribution in [0.2, 0.25) is 0 Å². The van der Waals surface area contributed by atoms with Gasteiger partial charge in [-0.1, -0.05) is 31.0 Å². The predicted molar refractivity (Wildman–Crippen MR) is 118 cm³/mol. The van der Waals surface area contributed by atoms with E-state index >= 15 is 0 Å². The second kappa shape index (κ2) is 9.86. The van der Waals surface area contributed by atoms with Crippen LogP contribution in [-0.2, 0) is 14.3 Å². The third-order valence-corrected chi connectivity index (χ3v) is 6.77. The molecule has 1 aliphatic carbocycles. The first-order valence-corrected chi connectivity index (χ1v) is 11.2. The summed E-state index contributed by atoms with van der Waals surface area (Å²) in [5.74, 6) is -0.220. The molecule has 0 radical (unpaired) electrons. The molecule has 0 bridgehead atoms. The minimum atomic E-state index is -0.447. The molecular weight excluding hydrogens is 398 g/mol. The average Bonchev–Trinajstić information content (AvgIpc) is 3.33. The van der Waals surface area contributed by atoms with Crippen molar-refractivity contribution < 1.29 is 14.3 Å². The number of aryl methyl sites for hydroxylation is 1. The zero-order valence-electron chi connectivity index (χ0n) is 17.7. The maximum atomic E-state index is 12.5. The first-order chi connectivity index (χ1) is 14.4. The minimum absolute atomic E-state index is 0.137. The molecule has 30 heavy (non-hydrogen) atoms. The minimum Gasteiger partial charge on any atom is -0.455 e. The van der Waals surface area contributed by atoms with Gasteiger partial charge in [0.1, 0.15) is 11.9 Å². The fourth-order valence-electron chi connectivity index (χ4n) is 3.92. The number of carbonyl (C=O) groups is 2. The van der Waals surface area contributed by atoms with Crippen LogP contribution < -0.4 is 5.32 Å². The SMILES string of the molecule is Cc1ccccc1SCC(=O)OCC(=O)Nc1c(C#N)c(C)c(C)n1C1CCCC1. The van der Waals surface area contributed by atoms with E-state index in [-0.39, 0.29) is 18.4 Å². The lowest BCUT2D eigenvalue weighted by molar-refractivity contribution is -0.144. The Balaban J connectivity index is 1.61. The largest absolute Gasteiger partial charge is 0.455 e. The van der Waals surface area contributed by atoms with Crippen LogP contribution >= 0.6 is 11.8 Å². The Morgan fingerprint density at radius 2 is 1.93 bits per heavy atom. The van der Waals surface area contributed by atoms with E-state index in [2.05, 4.69) is 16.0 Å². The summed E-state index contributed by atoms with van der Waals surface area (Å²) in [6, 6.07) is 10.3. The second-order valence-electron chi connectivity index (χ2n) is 7.62. The molecule has 0 spiro atoms. The van der Waals surface area contributed by atoms with Crippen LogP contribution in [0, 0.1) is 32.1 Å². The first kappa shape index (κ1) is 22.0. The molecule has 1 saturated carbocycles. The third kappa shape index (κ3) is 4.88. The predicted octanol–water partition coefficient (Wildman–Crippen LogP) is 4.67. The Kier molecular flexibility index (Phi) is 7.22. The number of thioether (sulfide) groups is 1. The monoisotopic (exact) mass is 425 g/mol. The Morgan fingerprint density at radius 1 is 1.23 bits per heavy atom. The molecule has 2 aromatic rings. The first-order valence-electron chi connectivity index (χ1n) is 10.2. The van der Waals surface area contributed by atoms with E-state index in [9.17, 15) is 14.9 Å². The summed E-state index contributed by atoms with van der Waals surface area (Å²) in [5, 5.41) is 12.4. The van der Waals surface area contributed by atoms with Crippen molar-refractivity contribution in [2.24, 2.45) is 0 Å². The number of hydrogen-bond acceptors (Lipinski definition) is 5. The number of hydrogen-bond donors (Lipinski definition) is 1. The van der Waals surface area contributed by atoms with Crippen LogP contribution in [0.25, 0.3) is 0 Å². The number of benzene rings is 1. The third-order valence-electron chi connectivity index (χ3n) is 5.62. The standard InChI is InChI=1S/C23H27N3O3S/c1-15-8-4-7-11-20(15)30-14-22(28)29-13-21(27)25-23-19(12-24)16(2)17(3)26(23)18-9-5-6-10-18/h4,7-8,11,18H,5-6,9-10,13-14H2,1-3H3,(H,25,27). The number of nitrogens with zero attached hydrogens (tertiary/aromatic N) is 2. The van der Waals surface area contributed by atoms with Crippen LogP contribution in [-0.4, -0.2) is 28.8 Å². The fourth-order valence-corrected chi connectivity index (χ4v) is 4.74. The van der Waals surface area contributed by atoms with Gasteiger partial charge in [-0.25, -0.2) is 0 Å². The van der Waals surface area contributed by atoms with E-state index in [0.29, 0.717) is 11.4 Å². The van der Waals surface area contributed by atoms with E-state index in [0.717, 1.165) is 47.4 Å². The molecule has 1 N–H and O–H groups in total. The summed E-state index contributed by atoms with van der Waals surface area (Å²) >= 11 is 1.39. The summed E-state index contributed by atoms with van der Waals surface area (Å²) in [7, 11) is 0. The van der Waals surface area contributed by atoms with E-state index in [4.69, 9.17) is 4.74 Å². The summed E-state index contributed by atoms with van der Waals surface area (Å²) in [6.45, 7) is 5.49. The highest BCUT2D eigenvalue weighted by atomic mass is 32.2. The molecule has 158 valence electrons. The molecule has 0 unspecified atom stereocenters. The lowest BCUT2D eigenvalue weighted by Crippen LogP contribution is -2.24. The fraction of sp³-hybridized carbons (Fsp3) is 0.435. The van der Waals surface area contributed by atoms with Gasteiger partial charge >= 0.3 is 5.97 Å². The molecule has 1 aromatic heterocycles. The summed E-state index contributed by atoms with van der Waals surface area (Å²) < 4.78 is 7.23. The van der Waals surface area contributed by atoms with Crippen LogP contribution in [0.5, 0.6) is 0 Å². The summed E-state index contributed by atoms with van der Waals surface area (Å²) in [5.41, 5.74) is 3.45. The van der Waals surface area contributed by atoms with E-state index in [1.54, 1.807) is 0 Å². The van der Waals surface area contributed by atoms with Gasteiger partial charge < -0.3 is 14.6 Å². The zero-order valence-corrected chi connectivity index (χ0v) is 18.5. The highest BCUT2D eigenvalue weighted by Gasteiger charge is 2.26. The number of nitrogens with one attached hydrogen (secondary N) is 1. The number of rotatable bonds is 7. The van der Waals surface area contributed by atoms with Gasteiger partial charge in [-0.2, -0.15) is 5.26 Å². The molecule has 1 amide bonds. The smallest absolute Gasteiger partial charge is 0.316 e. The van der Waals surface area contributed by atoms with Crippen molar-refractivity contribution in [2.45, 2.75) is 57.4 Å². The van der Waals surface area contributed by atoms with Gasteiger partial charge in [0, 0.05) is 16.6 Å². The van der Waals surface area contributed by atoms with Crippen LogP contribution in [0.1, 0.15) is 54.1 Å². The molecule has 1 heterocycles. The Hall–Kier alpha value is -2.72. The van der Waals surface area contributed by atoms with Gasteiger partial charge in [-0.05, 0) is 50.8 Å². The van der Waals surface area contributed by atoms with Crippen molar-refractivity contribution >= 4 is 29.5 Å². The number of anilines is 1. The lowest BCUT2D eigenvalue weighted by Gasteiger charge is -2.19. The van der Waals surface area contributed by atoms with Crippen molar-refractivity contribution in [1.29, 1.82) is 5.26 Å². The van der Waals surface area contributed by atoms with Crippen molar-refractivity contribution in [3.63, 3.8) is 0 Å². The molecule has 6 nitrogen and oxygen atoms in total. The molecule has 0 atom stereocenters. The molecule has 1 fully saturated rings. The molecule has 1 aromatic carbocycles. The highest BCUT2D eigenvalue weighted by Crippen LogP contribution is 2.37. The van der Waals surface area contributed by atoms with E-state index in [1.165, 1.54) is 11.8 Å². The Labute approximate surface area is 181 Å². The maximum Gasteiger partial charge on any atom is 0.316 e. The highest BCUT2D eigenvalue weighted by molar-refractivity contribution is 8.00. The number of carbonyl (C=O) groups excluding carboxylic acids is 2. The van der Waals surface area contributed by atoms with Gasteiger partial charge in [0.25, 0.3) is 5.91 Å². The average molecular weight is 426 g/mol. The zero-order chi connectivity index (χ0) is 21.7. The molecule has 3 rings (SSSR count). The van der Waals surface area contributed by atoms with Crippen LogP contribution in [0.15, 0.2) is 29.2 Å². The summed E-state index contributed by atoms with van der Waals surface area (Å²) in [6.07, 6.45) is 4.36. The topological polar surface area (TPSA) is 84.1 Å². The molecule has 7 heteroatoms. The summed E-state index contributed by atoms with van der Waals surface area (Å²) in [4.78, 5) is 25.6. The number of esters is 1. The van der Waals surface area contributed by atoms with Crippen LogP contribution in [0.3, 0.4) is 0 Å². The van der Waals surface area contributed by atoms with Crippen molar-refractivity contribution in [3.05, 3.63) is 46.6 Å². The Bertz CT molecular complexity index is 984. The molecule has 1 aliphatic rings. The van der Waals surface area contributed by atoms with Gasteiger partial charge in [-0.15, -0.1) is 11.8 Å². The van der Waals surface area contributed by atoms with E-state index < -0.39 is 11.9 Å². The van der Waals surface area contributed by atoms with Crippen molar-refractivity contribution in [1.82, 2.24) is 4.57 Å². The number of aromatic nitrogens is 1. The van der Waals surface area contributed by atoms with E-state index in [1.807, 2.05) is 45.0 Å². The number of nitriles is 1. The van der Waals surface area contributed by atoms with Crippen molar-refractivity contribution in [2.75, 3.05) is 17.7 Å². The number of amides is 1. The van der Waals surface area contributed by atoms with Crippen LogP contribution in [0.4, 0.5) is 5.82 Å². The maximum absolute atomic E-state index is 12.5. The number of ether oxygens (including phenoxy) is 1. The second-order valence-corrected chi connectivity index (χ2v) is 8.63. The van der Waals surface area contributed by atoms with Gasteiger partial charge in [0.2, 0.25) is 0 Å². The normalized spacial score (nSPS) is 13.8. The van der Waals surface area contributed by atoms with Gasteiger partial charge in [0.05, 0.1) is 11.3 Å². The quantitative estimate of drug-likeness (QED) is 0.515. The Morgan fingerprint density at radius 3 is 2.60 bits per heavy atom. The van der Waals surface area contributed by atoms with Gasteiger partial charge in [-0.3, -0.25) is 9.59 Å². The molecule has 0 saturated heterocycles.